The highest BCUT2D eigenvalue weighted by molar-refractivity contribution is 5.87. The van der Waals surface area contributed by atoms with Crippen LogP contribution in [0.1, 0.15) is 67.2 Å². The molecular formula is C20H36O4. The first kappa shape index (κ1) is 21.3. The molecule has 1 aliphatic rings. The predicted octanol–water partition coefficient (Wildman–Crippen LogP) is 4.11. The lowest BCUT2D eigenvalue weighted by Gasteiger charge is -2.44. The van der Waals surface area contributed by atoms with Crippen molar-refractivity contribution in [2.45, 2.75) is 85.2 Å². The van der Waals surface area contributed by atoms with Crippen molar-refractivity contribution in [1.29, 1.82) is 0 Å². The summed E-state index contributed by atoms with van der Waals surface area (Å²) in [6.45, 7) is 15.8. The van der Waals surface area contributed by atoms with Gasteiger partial charge < -0.3 is 14.6 Å². The molecule has 1 unspecified atom stereocenters. The van der Waals surface area contributed by atoms with Gasteiger partial charge in [-0.25, -0.2) is 0 Å². The topological polar surface area (TPSA) is 55.8 Å². The minimum Gasteiger partial charge on any atom is -0.392 e. The van der Waals surface area contributed by atoms with Gasteiger partial charge in [-0.3, -0.25) is 4.79 Å². The summed E-state index contributed by atoms with van der Waals surface area (Å²) in [6.07, 6.45) is 4.58. The molecule has 1 saturated heterocycles. The van der Waals surface area contributed by atoms with Crippen LogP contribution in [0, 0.1) is 17.3 Å². The number of unbranched alkanes of at least 4 members (excludes halogenated alkanes) is 1. The summed E-state index contributed by atoms with van der Waals surface area (Å²) in [5, 5.41) is 10.6. The van der Waals surface area contributed by atoms with Crippen molar-refractivity contribution in [3.8, 4) is 0 Å². The highest BCUT2D eigenvalue weighted by atomic mass is 16.7. The zero-order chi connectivity index (χ0) is 18.5. The first-order chi connectivity index (χ1) is 11.0. The van der Waals surface area contributed by atoms with Crippen LogP contribution in [0.2, 0.25) is 0 Å². The summed E-state index contributed by atoms with van der Waals surface area (Å²) in [5.41, 5.74) is -0.651. The number of rotatable bonds is 9. The fourth-order valence-corrected chi connectivity index (χ4v) is 3.50. The standard InChI is InChI=1S/C20H36O4/c1-8-9-10-11-14(2)17(21)15(3)18(22)19(4,5)16-12-13-23-20(6,7)24-16/h8,14-17,21H,1,9-13H2,2-7H3/t14-,15-,16?,17-/m0/s1. The summed E-state index contributed by atoms with van der Waals surface area (Å²) < 4.78 is 11.6. The summed E-state index contributed by atoms with van der Waals surface area (Å²) in [6, 6.07) is 0. The number of carbonyl (C=O) groups excluding carboxylic acids is 1. The van der Waals surface area contributed by atoms with Gasteiger partial charge in [-0.15, -0.1) is 6.58 Å². The Labute approximate surface area is 147 Å². The van der Waals surface area contributed by atoms with Gasteiger partial charge in [0.25, 0.3) is 0 Å². The van der Waals surface area contributed by atoms with Crippen LogP contribution in [-0.2, 0) is 14.3 Å². The fourth-order valence-electron chi connectivity index (χ4n) is 3.50. The van der Waals surface area contributed by atoms with Crippen molar-refractivity contribution in [2.75, 3.05) is 6.61 Å². The van der Waals surface area contributed by atoms with E-state index in [1.165, 1.54) is 0 Å². The maximum absolute atomic E-state index is 13.1. The van der Waals surface area contributed by atoms with Gasteiger partial charge in [-0.1, -0.05) is 33.8 Å². The minimum atomic E-state index is -0.666. The first-order valence-corrected chi connectivity index (χ1v) is 9.18. The Morgan fingerprint density at radius 2 is 2.04 bits per heavy atom. The summed E-state index contributed by atoms with van der Waals surface area (Å²) in [4.78, 5) is 13.1. The summed E-state index contributed by atoms with van der Waals surface area (Å²) in [5.74, 6) is -0.923. The Hall–Kier alpha value is -0.710. The molecule has 1 fully saturated rings. The molecule has 140 valence electrons. The molecule has 0 radical (unpaired) electrons. The second kappa shape index (κ2) is 8.59. The van der Waals surface area contributed by atoms with E-state index in [0.29, 0.717) is 13.0 Å². The Bertz CT molecular complexity index is 427. The molecule has 0 amide bonds. The largest absolute Gasteiger partial charge is 0.392 e. The summed E-state index contributed by atoms with van der Waals surface area (Å²) in [7, 11) is 0. The van der Waals surface area contributed by atoms with Gasteiger partial charge in [0.2, 0.25) is 0 Å². The molecule has 0 bridgehead atoms. The Balaban J connectivity index is 2.73. The Kier molecular flexibility index (Phi) is 7.64. The molecule has 4 heteroatoms. The molecule has 0 aromatic rings. The molecule has 1 aliphatic heterocycles. The van der Waals surface area contributed by atoms with Crippen molar-refractivity contribution in [3.05, 3.63) is 12.7 Å². The molecular weight excluding hydrogens is 304 g/mol. The van der Waals surface area contributed by atoms with E-state index in [9.17, 15) is 9.90 Å². The van der Waals surface area contributed by atoms with Gasteiger partial charge in [0.05, 0.1) is 24.2 Å². The van der Waals surface area contributed by atoms with Gasteiger partial charge in [-0.05, 0) is 45.4 Å². The number of aliphatic hydroxyl groups excluding tert-OH is 1. The van der Waals surface area contributed by atoms with Gasteiger partial charge in [0, 0.05) is 5.92 Å². The third-order valence-electron chi connectivity index (χ3n) is 5.27. The van der Waals surface area contributed by atoms with Gasteiger partial charge in [0.1, 0.15) is 5.78 Å². The van der Waals surface area contributed by atoms with Crippen molar-refractivity contribution >= 4 is 5.78 Å². The van der Waals surface area contributed by atoms with Crippen LogP contribution < -0.4 is 0 Å². The third kappa shape index (κ3) is 5.40. The lowest BCUT2D eigenvalue weighted by atomic mass is 9.72. The number of hydrogen-bond donors (Lipinski definition) is 1. The number of Topliss-reactive ketones (excluding diaryl/α,β-unsaturated/α-hetero) is 1. The smallest absolute Gasteiger partial charge is 0.163 e. The van der Waals surface area contributed by atoms with E-state index in [4.69, 9.17) is 9.47 Å². The van der Waals surface area contributed by atoms with Gasteiger partial charge >= 0.3 is 0 Å². The number of hydrogen-bond acceptors (Lipinski definition) is 4. The Morgan fingerprint density at radius 1 is 1.42 bits per heavy atom. The van der Waals surface area contributed by atoms with Crippen molar-refractivity contribution in [3.63, 3.8) is 0 Å². The third-order valence-corrected chi connectivity index (χ3v) is 5.27. The van der Waals surface area contributed by atoms with E-state index in [2.05, 4.69) is 6.58 Å². The van der Waals surface area contributed by atoms with Crippen LogP contribution in [0.15, 0.2) is 12.7 Å². The monoisotopic (exact) mass is 340 g/mol. The SMILES string of the molecule is C=CCCC[C@H](C)[C@H](O)[C@H](C)C(=O)C(C)(C)C1CCOC(C)(C)O1. The zero-order valence-corrected chi connectivity index (χ0v) is 16.3. The second-order valence-electron chi connectivity index (χ2n) is 8.21. The highest BCUT2D eigenvalue weighted by Gasteiger charge is 2.45. The molecule has 4 atom stereocenters. The van der Waals surface area contributed by atoms with Crippen LogP contribution in [0.4, 0.5) is 0 Å². The maximum Gasteiger partial charge on any atom is 0.163 e. The predicted molar refractivity (Wildman–Crippen MR) is 96.7 cm³/mol. The van der Waals surface area contributed by atoms with E-state index in [1.54, 1.807) is 0 Å². The first-order valence-electron chi connectivity index (χ1n) is 9.18. The minimum absolute atomic E-state index is 0.0632. The average molecular weight is 341 g/mol. The molecule has 1 rings (SSSR count). The van der Waals surface area contributed by atoms with Crippen molar-refractivity contribution in [1.82, 2.24) is 0 Å². The van der Waals surface area contributed by atoms with Crippen LogP contribution >= 0.6 is 0 Å². The molecule has 0 aromatic heterocycles. The normalized spacial score (nSPS) is 24.9. The van der Waals surface area contributed by atoms with E-state index in [-0.39, 0.29) is 17.8 Å². The number of allylic oxidation sites excluding steroid dienone is 1. The van der Waals surface area contributed by atoms with Gasteiger partial charge in [-0.2, -0.15) is 0 Å². The number of aliphatic hydroxyl groups is 1. The summed E-state index contributed by atoms with van der Waals surface area (Å²) >= 11 is 0. The second-order valence-corrected chi connectivity index (χ2v) is 8.21. The van der Waals surface area contributed by atoms with E-state index < -0.39 is 23.2 Å². The lowest BCUT2D eigenvalue weighted by Crippen LogP contribution is -2.51. The highest BCUT2D eigenvalue weighted by Crippen LogP contribution is 2.37. The quantitative estimate of drug-likeness (QED) is 0.507. The lowest BCUT2D eigenvalue weighted by molar-refractivity contribution is -0.289. The fraction of sp³-hybridized carbons (Fsp3) is 0.850. The molecule has 0 aromatic carbocycles. The zero-order valence-electron chi connectivity index (χ0n) is 16.3. The van der Waals surface area contributed by atoms with E-state index in [1.807, 2.05) is 47.6 Å². The molecule has 0 spiro atoms. The molecule has 24 heavy (non-hydrogen) atoms. The van der Waals surface area contributed by atoms with Crippen LogP contribution in [0.5, 0.6) is 0 Å². The van der Waals surface area contributed by atoms with Crippen LogP contribution in [-0.4, -0.2) is 35.5 Å². The number of ether oxygens (including phenoxy) is 2. The van der Waals surface area contributed by atoms with Crippen molar-refractivity contribution < 1.29 is 19.4 Å². The van der Waals surface area contributed by atoms with Gasteiger partial charge in [0.15, 0.2) is 5.79 Å². The number of carbonyl (C=O) groups is 1. The van der Waals surface area contributed by atoms with Crippen LogP contribution in [0.3, 0.4) is 0 Å². The van der Waals surface area contributed by atoms with Crippen LogP contribution in [0.25, 0.3) is 0 Å². The molecule has 1 heterocycles. The molecule has 0 saturated carbocycles. The Morgan fingerprint density at radius 3 is 2.58 bits per heavy atom. The maximum atomic E-state index is 13.1. The molecule has 4 nitrogen and oxygen atoms in total. The molecule has 1 N–H and O–H groups in total. The average Bonchev–Trinajstić information content (AvgIpc) is 2.51. The van der Waals surface area contributed by atoms with E-state index in [0.717, 1.165) is 19.3 Å². The molecule has 0 aliphatic carbocycles. The number of ketones is 1. The van der Waals surface area contributed by atoms with Crippen molar-refractivity contribution in [2.24, 2.45) is 17.3 Å². The van der Waals surface area contributed by atoms with E-state index >= 15 is 0 Å².